The zero-order chi connectivity index (χ0) is 26.6. The fraction of sp³-hybridized carbons (Fsp3) is 0.429. The van der Waals surface area contributed by atoms with E-state index in [1.165, 1.54) is 32.4 Å². The average molecular weight is 659 g/mol. The molecular weight excluding hydrogens is 625 g/mol. The van der Waals surface area contributed by atoms with Gasteiger partial charge in [0.1, 0.15) is 0 Å². The fourth-order valence-corrected chi connectivity index (χ4v) is 15.4. The van der Waals surface area contributed by atoms with Crippen molar-refractivity contribution in [3.8, 4) is 23.2 Å². The second-order valence-electron chi connectivity index (χ2n) is 9.89. The van der Waals surface area contributed by atoms with Crippen molar-refractivity contribution in [2.75, 3.05) is 76.2 Å². The first-order valence-corrected chi connectivity index (χ1v) is 19.1. The van der Waals surface area contributed by atoms with E-state index >= 15 is 0 Å². The molecule has 0 unspecified atom stereocenters. The maximum absolute atomic E-state index is 9.79. The van der Waals surface area contributed by atoms with Gasteiger partial charge in [-0.25, -0.2) is 0 Å². The number of hydrogen-bond donors (Lipinski definition) is 1. The zero-order valence-corrected chi connectivity index (χ0v) is 25.0. The summed E-state index contributed by atoms with van der Waals surface area (Å²) in [5.74, 6) is 4.22. The van der Waals surface area contributed by atoms with Crippen LogP contribution in [0.25, 0.3) is 11.4 Å². The quantitative estimate of drug-likeness (QED) is 0.231. The first-order valence-electron chi connectivity index (χ1n) is 13.2. The molecular formula is C28H33IN7O2S+. The molecule has 0 saturated carbocycles. The van der Waals surface area contributed by atoms with Crippen LogP contribution in [-0.4, -0.2) is 91.9 Å². The van der Waals surface area contributed by atoms with Gasteiger partial charge in [-0.3, -0.25) is 4.90 Å². The third-order valence-electron chi connectivity index (χ3n) is 7.33. The third kappa shape index (κ3) is 6.40. The second-order valence-corrected chi connectivity index (χ2v) is 17.2. The number of halogens is 1. The van der Waals surface area contributed by atoms with Crippen LogP contribution < -0.4 is 13.3 Å². The van der Waals surface area contributed by atoms with E-state index in [1.807, 2.05) is 18.2 Å². The van der Waals surface area contributed by atoms with Gasteiger partial charge in [-0.1, -0.05) is 0 Å². The zero-order valence-electron chi connectivity index (χ0n) is 22.1. The molecule has 1 N–H and O–H groups in total. The standard InChI is InChI=1S/C28H33IN7O2S/c1-39-14-8-29(9-15-39)38-26-7-2-21(16-22(26)17-30)27-31-20-32-28(34-27)33-23-3-5-24(6-4-23)35-10-12-36(13-11-35)25-18-37-19-25/h2-7,16,20,25H,8-15,18-19H2,1H3,(H,31,32,33,34)/q+1. The molecule has 0 aliphatic carbocycles. The fourth-order valence-electron chi connectivity index (χ4n) is 4.81. The number of nitriles is 1. The number of aromatic nitrogens is 3. The molecule has 3 aromatic rings. The molecule has 3 saturated heterocycles. The van der Waals surface area contributed by atoms with Gasteiger partial charge >= 0.3 is 176 Å². The second kappa shape index (κ2) is 12.2. The van der Waals surface area contributed by atoms with Crippen molar-refractivity contribution < 1.29 is 7.80 Å². The van der Waals surface area contributed by atoms with E-state index in [-0.39, 0.29) is 0 Å². The summed E-state index contributed by atoms with van der Waals surface area (Å²) in [6.45, 7) is 5.95. The summed E-state index contributed by atoms with van der Waals surface area (Å²) in [5, 5.41) is 13.1. The number of hydrogen-bond acceptors (Lipinski definition) is 9. The van der Waals surface area contributed by atoms with Gasteiger partial charge in [-0.2, -0.15) is 0 Å². The van der Waals surface area contributed by atoms with Crippen LogP contribution in [0, 0.1) is 11.3 Å². The van der Waals surface area contributed by atoms with Crippen LogP contribution in [0.15, 0.2) is 48.8 Å². The summed E-state index contributed by atoms with van der Waals surface area (Å²) < 4.78 is 14.1. The molecule has 0 spiro atoms. The van der Waals surface area contributed by atoms with Gasteiger partial charge in [0.2, 0.25) is 0 Å². The molecule has 0 bridgehead atoms. The van der Waals surface area contributed by atoms with Gasteiger partial charge in [0.25, 0.3) is 0 Å². The number of nitrogens with one attached hydrogen (secondary N) is 1. The van der Waals surface area contributed by atoms with Crippen molar-refractivity contribution in [2.45, 2.75) is 6.04 Å². The topological polar surface area (TPSA) is 99.4 Å². The van der Waals surface area contributed by atoms with Gasteiger partial charge < -0.3 is 9.64 Å². The molecule has 9 nitrogen and oxygen atoms in total. The van der Waals surface area contributed by atoms with Gasteiger partial charge in [-0.15, -0.1) is 0 Å². The first kappa shape index (κ1) is 26.6. The average Bonchev–Trinajstić information content (AvgIpc) is 2.95. The van der Waals surface area contributed by atoms with E-state index in [0.29, 0.717) is 40.0 Å². The molecule has 3 aliphatic heterocycles. The minimum absolute atomic E-state index is 0.466. The van der Waals surface area contributed by atoms with Gasteiger partial charge in [0, 0.05) is 31.9 Å². The van der Waals surface area contributed by atoms with Crippen LogP contribution in [0.4, 0.5) is 17.3 Å². The number of benzene rings is 2. The Hall–Kier alpha value is -2.66. The number of alkyl halides is 2. The monoisotopic (exact) mass is 658 g/mol. The van der Waals surface area contributed by atoms with E-state index in [4.69, 9.17) is 7.80 Å². The summed E-state index contributed by atoms with van der Waals surface area (Å²) in [7, 11) is 0.533. The number of piperazine rings is 1. The Morgan fingerprint density at radius 2 is 1.82 bits per heavy atom. The van der Waals surface area contributed by atoms with Crippen LogP contribution in [0.1, 0.15) is 5.56 Å². The molecule has 6 rings (SSSR count). The van der Waals surface area contributed by atoms with Gasteiger partial charge in [0.05, 0.1) is 19.3 Å². The third-order valence-corrected chi connectivity index (χ3v) is 15.2. The molecule has 0 amide bonds. The van der Waals surface area contributed by atoms with E-state index in [1.54, 1.807) is 0 Å². The van der Waals surface area contributed by atoms with Crippen LogP contribution >= 0.6 is 20.2 Å². The Balaban J connectivity index is 1.09. The molecule has 1 aromatic heterocycles. The summed E-state index contributed by atoms with van der Waals surface area (Å²) in [4.78, 5) is 18.3. The Bertz CT molecular complexity index is 1320. The Labute approximate surface area is 240 Å². The van der Waals surface area contributed by atoms with E-state index in [2.05, 4.69) is 66.7 Å². The van der Waals surface area contributed by atoms with Crippen LogP contribution in [0.5, 0.6) is 5.75 Å². The summed E-state index contributed by atoms with van der Waals surface area (Å²) >= 11 is -1.48. The molecule has 0 radical (unpaired) electrons. The first-order chi connectivity index (χ1) is 19.1. The molecule has 2 aromatic carbocycles. The Kier molecular flexibility index (Phi) is 8.34. The Morgan fingerprint density at radius 3 is 2.51 bits per heavy atom. The number of rotatable bonds is 7. The molecule has 11 heteroatoms. The van der Waals surface area contributed by atoms with Crippen molar-refractivity contribution in [1.82, 2.24) is 19.9 Å². The van der Waals surface area contributed by atoms with E-state index in [9.17, 15) is 5.26 Å². The van der Waals surface area contributed by atoms with Crippen molar-refractivity contribution in [2.24, 2.45) is 0 Å². The maximum atomic E-state index is 9.79. The van der Waals surface area contributed by atoms with Crippen molar-refractivity contribution in [1.29, 1.82) is 5.26 Å². The SMILES string of the molecule is C[S+]1CCI(Oc2ccc(-c3ncnc(Nc4ccc(N5CCN(C6COC6)CC5)cc4)n3)cc2C#N)CC1. The summed E-state index contributed by atoms with van der Waals surface area (Å²) in [6.07, 6.45) is 3.84. The van der Waals surface area contributed by atoms with Crippen molar-refractivity contribution in [3.63, 3.8) is 0 Å². The predicted molar refractivity (Wildman–Crippen MR) is 166 cm³/mol. The molecule has 39 heavy (non-hydrogen) atoms. The van der Waals surface area contributed by atoms with Crippen LogP contribution in [0.3, 0.4) is 0 Å². The van der Waals surface area contributed by atoms with Crippen LogP contribution in [-0.2, 0) is 15.6 Å². The van der Waals surface area contributed by atoms with Crippen LogP contribution in [0.2, 0.25) is 0 Å². The van der Waals surface area contributed by atoms with E-state index < -0.39 is 20.2 Å². The van der Waals surface area contributed by atoms with Crippen molar-refractivity contribution in [3.05, 3.63) is 54.4 Å². The molecule has 204 valence electrons. The normalized spacial score (nSPS) is 19.8. The van der Waals surface area contributed by atoms with Gasteiger partial charge in [-0.05, 0) is 0 Å². The number of ether oxygens (including phenoxy) is 1. The predicted octanol–water partition coefficient (Wildman–Crippen LogP) is 3.74. The molecule has 3 fully saturated rings. The Morgan fingerprint density at radius 1 is 1.05 bits per heavy atom. The number of anilines is 3. The van der Waals surface area contributed by atoms with Gasteiger partial charge in [0.15, 0.2) is 0 Å². The molecule has 4 heterocycles. The molecule has 3 aliphatic rings. The minimum atomic E-state index is -1.48. The van der Waals surface area contributed by atoms with E-state index in [0.717, 1.165) is 50.6 Å². The summed E-state index contributed by atoms with van der Waals surface area (Å²) in [5.41, 5.74) is 3.45. The van der Waals surface area contributed by atoms with Crippen molar-refractivity contribution >= 4 is 48.5 Å². The summed E-state index contributed by atoms with van der Waals surface area (Å²) in [6, 6.07) is 17.0. The number of nitrogens with zero attached hydrogens (tertiary/aromatic N) is 6. The molecule has 0 atom stereocenters.